The second kappa shape index (κ2) is 4.91. The summed E-state index contributed by atoms with van der Waals surface area (Å²) in [6.07, 6.45) is 3.50. The van der Waals surface area contributed by atoms with Gasteiger partial charge in [0.05, 0.1) is 18.4 Å². The van der Waals surface area contributed by atoms with Gasteiger partial charge in [-0.15, -0.1) is 0 Å². The van der Waals surface area contributed by atoms with E-state index >= 15 is 0 Å². The molecule has 1 aliphatic carbocycles. The summed E-state index contributed by atoms with van der Waals surface area (Å²) >= 11 is 3.14. The summed E-state index contributed by atoms with van der Waals surface area (Å²) in [7, 11) is 1.59. The van der Waals surface area contributed by atoms with E-state index in [0.29, 0.717) is 16.3 Å². The van der Waals surface area contributed by atoms with Crippen molar-refractivity contribution in [2.75, 3.05) is 13.6 Å². The summed E-state index contributed by atoms with van der Waals surface area (Å²) in [6.45, 7) is 0.0625. The van der Waals surface area contributed by atoms with E-state index in [2.05, 4.69) is 21.2 Å². The number of hydrogen-bond acceptors (Lipinski definition) is 3. The van der Waals surface area contributed by atoms with Crippen LogP contribution in [0.1, 0.15) is 23.2 Å². The van der Waals surface area contributed by atoms with Crippen LogP contribution in [0.4, 0.5) is 0 Å². The Labute approximate surface area is 107 Å². The fourth-order valence-corrected chi connectivity index (χ4v) is 1.85. The number of carbonyl (C=O) groups excluding carboxylic acids is 2. The van der Waals surface area contributed by atoms with Gasteiger partial charge in [0.15, 0.2) is 4.67 Å². The first-order valence-corrected chi connectivity index (χ1v) is 6.15. The van der Waals surface area contributed by atoms with Crippen molar-refractivity contribution in [3.63, 3.8) is 0 Å². The lowest BCUT2D eigenvalue weighted by Gasteiger charge is -2.15. The highest BCUT2D eigenvalue weighted by Gasteiger charge is 2.25. The molecule has 1 heterocycles. The van der Waals surface area contributed by atoms with Crippen LogP contribution in [0.25, 0.3) is 0 Å². The van der Waals surface area contributed by atoms with Crippen LogP contribution < -0.4 is 5.32 Å². The highest BCUT2D eigenvalue weighted by molar-refractivity contribution is 9.10. The number of rotatable bonds is 4. The molecule has 2 rings (SSSR count). The Kier molecular flexibility index (Phi) is 3.51. The van der Waals surface area contributed by atoms with Crippen LogP contribution >= 0.6 is 15.9 Å². The molecule has 1 aromatic rings. The molecule has 6 heteroatoms. The van der Waals surface area contributed by atoms with Crippen molar-refractivity contribution in [3.8, 4) is 0 Å². The molecule has 0 aromatic carbocycles. The van der Waals surface area contributed by atoms with E-state index in [1.165, 1.54) is 11.2 Å². The van der Waals surface area contributed by atoms with E-state index in [9.17, 15) is 9.59 Å². The molecule has 0 atom stereocenters. The molecule has 0 saturated heterocycles. The molecular formula is C11H13BrN2O3. The van der Waals surface area contributed by atoms with Crippen molar-refractivity contribution >= 4 is 27.7 Å². The normalized spacial score (nSPS) is 14.5. The average molecular weight is 301 g/mol. The van der Waals surface area contributed by atoms with Gasteiger partial charge in [0.25, 0.3) is 5.91 Å². The average Bonchev–Trinajstić information content (AvgIpc) is 2.97. The van der Waals surface area contributed by atoms with Crippen molar-refractivity contribution in [1.82, 2.24) is 10.2 Å². The summed E-state index contributed by atoms with van der Waals surface area (Å²) in [5.41, 5.74) is 0.423. The van der Waals surface area contributed by atoms with Gasteiger partial charge in [-0.3, -0.25) is 9.59 Å². The minimum absolute atomic E-state index is 0.0625. The third-order valence-corrected chi connectivity index (χ3v) is 3.13. The topological polar surface area (TPSA) is 62.6 Å². The van der Waals surface area contributed by atoms with Crippen LogP contribution in [0.15, 0.2) is 21.4 Å². The lowest BCUT2D eigenvalue weighted by atomic mass is 10.3. The molecule has 1 saturated carbocycles. The van der Waals surface area contributed by atoms with E-state index < -0.39 is 0 Å². The zero-order valence-corrected chi connectivity index (χ0v) is 11.0. The lowest BCUT2D eigenvalue weighted by Crippen LogP contribution is -2.39. The molecule has 92 valence electrons. The van der Waals surface area contributed by atoms with E-state index in [0.717, 1.165) is 12.8 Å². The Balaban J connectivity index is 1.90. The predicted molar refractivity (Wildman–Crippen MR) is 64.5 cm³/mol. The van der Waals surface area contributed by atoms with E-state index in [1.54, 1.807) is 13.1 Å². The molecule has 0 spiro atoms. The maximum atomic E-state index is 11.9. The second-order valence-corrected chi connectivity index (χ2v) is 4.83. The number of likely N-dealkylation sites (N-methyl/N-ethyl adjacent to an activating group) is 1. The van der Waals surface area contributed by atoms with Crippen molar-refractivity contribution in [1.29, 1.82) is 0 Å². The Morgan fingerprint density at radius 1 is 1.59 bits per heavy atom. The molecule has 0 bridgehead atoms. The SMILES string of the molecule is CN(CC(=O)NC1CC1)C(=O)c1ccoc1Br. The number of furan rings is 1. The molecule has 0 unspecified atom stereocenters. The highest BCUT2D eigenvalue weighted by atomic mass is 79.9. The summed E-state index contributed by atoms with van der Waals surface area (Å²) in [4.78, 5) is 24.8. The monoisotopic (exact) mass is 300 g/mol. The molecule has 1 fully saturated rings. The number of carbonyl (C=O) groups is 2. The van der Waals surface area contributed by atoms with Crippen LogP contribution in [-0.2, 0) is 4.79 Å². The first-order valence-electron chi connectivity index (χ1n) is 5.35. The maximum absolute atomic E-state index is 11.9. The fourth-order valence-electron chi connectivity index (χ4n) is 1.44. The van der Waals surface area contributed by atoms with Crippen LogP contribution in [0.2, 0.25) is 0 Å². The van der Waals surface area contributed by atoms with Gasteiger partial charge < -0.3 is 14.6 Å². The molecule has 1 aliphatic rings. The Hall–Kier alpha value is -1.30. The third kappa shape index (κ3) is 3.09. The number of nitrogens with one attached hydrogen (secondary N) is 1. The molecule has 1 aromatic heterocycles. The molecule has 5 nitrogen and oxygen atoms in total. The van der Waals surface area contributed by atoms with Gasteiger partial charge in [-0.2, -0.15) is 0 Å². The molecule has 1 N–H and O–H groups in total. The van der Waals surface area contributed by atoms with Gasteiger partial charge in [0, 0.05) is 13.1 Å². The van der Waals surface area contributed by atoms with Crippen molar-refractivity contribution < 1.29 is 14.0 Å². The first-order chi connectivity index (χ1) is 8.08. The first kappa shape index (κ1) is 12.2. The Morgan fingerprint density at radius 3 is 2.82 bits per heavy atom. The molecule has 0 radical (unpaired) electrons. The van der Waals surface area contributed by atoms with Gasteiger partial charge in [0.2, 0.25) is 5.91 Å². The zero-order chi connectivity index (χ0) is 12.4. The van der Waals surface area contributed by atoms with Crippen LogP contribution in [-0.4, -0.2) is 36.3 Å². The van der Waals surface area contributed by atoms with E-state index in [4.69, 9.17) is 4.42 Å². The minimum atomic E-state index is -0.239. The zero-order valence-electron chi connectivity index (χ0n) is 9.40. The summed E-state index contributed by atoms with van der Waals surface area (Å²) < 4.78 is 5.37. The summed E-state index contributed by atoms with van der Waals surface area (Å²) in [6, 6.07) is 1.88. The van der Waals surface area contributed by atoms with E-state index in [1.807, 2.05) is 0 Å². The Morgan fingerprint density at radius 2 is 2.29 bits per heavy atom. The van der Waals surface area contributed by atoms with Crippen LogP contribution in [0.3, 0.4) is 0 Å². The second-order valence-electron chi connectivity index (χ2n) is 4.11. The molecule has 17 heavy (non-hydrogen) atoms. The van der Waals surface area contributed by atoms with Crippen LogP contribution in [0, 0.1) is 0 Å². The predicted octanol–water partition coefficient (Wildman–Crippen LogP) is 1.39. The number of halogens is 1. The van der Waals surface area contributed by atoms with Crippen molar-refractivity contribution in [2.24, 2.45) is 0 Å². The summed E-state index contributed by atoms with van der Waals surface area (Å²) in [5, 5.41) is 2.83. The molecule has 0 aliphatic heterocycles. The Bertz CT molecular complexity index is 440. The van der Waals surface area contributed by atoms with Gasteiger partial charge in [0.1, 0.15) is 0 Å². The molecular weight excluding hydrogens is 288 g/mol. The van der Waals surface area contributed by atoms with E-state index in [-0.39, 0.29) is 18.4 Å². The number of amides is 2. The largest absolute Gasteiger partial charge is 0.457 e. The molecule has 2 amide bonds. The minimum Gasteiger partial charge on any atom is -0.457 e. The van der Waals surface area contributed by atoms with Crippen LogP contribution in [0.5, 0.6) is 0 Å². The standard InChI is InChI=1S/C11H13BrN2O3/c1-14(6-9(15)13-7-2-3-7)11(16)8-4-5-17-10(8)12/h4-5,7H,2-3,6H2,1H3,(H,13,15). The third-order valence-electron chi connectivity index (χ3n) is 2.52. The van der Waals surface area contributed by atoms with Gasteiger partial charge in [-0.05, 0) is 34.8 Å². The van der Waals surface area contributed by atoms with Crippen molar-refractivity contribution in [2.45, 2.75) is 18.9 Å². The highest BCUT2D eigenvalue weighted by Crippen LogP contribution is 2.20. The quantitative estimate of drug-likeness (QED) is 0.914. The maximum Gasteiger partial charge on any atom is 0.258 e. The summed E-state index contributed by atoms with van der Waals surface area (Å²) in [5.74, 6) is -0.362. The smallest absolute Gasteiger partial charge is 0.258 e. The number of nitrogens with zero attached hydrogens (tertiary/aromatic N) is 1. The number of hydrogen-bond donors (Lipinski definition) is 1. The fraction of sp³-hybridized carbons (Fsp3) is 0.455. The van der Waals surface area contributed by atoms with Gasteiger partial charge >= 0.3 is 0 Å². The van der Waals surface area contributed by atoms with Crippen molar-refractivity contribution in [3.05, 3.63) is 22.6 Å². The lowest BCUT2D eigenvalue weighted by molar-refractivity contribution is -0.121. The van der Waals surface area contributed by atoms with Gasteiger partial charge in [-0.1, -0.05) is 0 Å². The van der Waals surface area contributed by atoms with Gasteiger partial charge in [-0.25, -0.2) is 0 Å².